The molecule has 0 saturated heterocycles. The van der Waals surface area contributed by atoms with E-state index >= 15 is 0 Å². The predicted octanol–water partition coefficient (Wildman–Crippen LogP) is 2.77. The van der Waals surface area contributed by atoms with Gasteiger partial charge >= 0.3 is 0 Å². The summed E-state index contributed by atoms with van der Waals surface area (Å²) in [7, 11) is 0. The van der Waals surface area contributed by atoms with Crippen LogP contribution in [0.2, 0.25) is 0 Å². The molecule has 3 aromatic rings. The van der Waals surface area contributed by atoms with Gasteiger partial charge in [-0.15, -0.1) is 0 Å². The molecule has 3 rings (SSSR count). The van der Waals surface area contributed by atoms with Crippen molar-refractivity contribution in [1.82, 2.24) is 16.1 Å². The molecule has 2 amide bonds. The van der Waals surface area contributed by atoms with Gasteiger partial charge in [0.05, 0.1) is 0 Å². The van der Waals surface area contributed by atoms with E-state index in [1.54, 1.807) is 12.1 Å². The molecule has 0 aliphatic rings. The number of hydrogen-bond acceptors (Lipinski definition) is 5. The van der Waals surface area contributed by atoms with Crippen LogP contribution in [0.25, 0.3) is 11.1 Å². The fraction of sp³-hybridized carbons (Fsp3) is 0.200. The van der Waals surface area contributed by atoms with Gasteiger partial charge in [0.1, 0.15) is 6.04 Å². The summed E-state index contributed by atoms with van der Waals surface area (Å²) in [6.07, 6.45) is 0. The van der Waals surface area contributed by atoms with E-state index in [1.165, 1.54) is 16.6 Å². The summed E-state index contributed by atoms with van der Waals surface area (Å²) in [5.41, 5.74) is 11.8. The first-order chi connectivity index (χ1) is 15.5. The first-order valence-electron chi connectivity index (χ1n) is 10.4. The maximum absolute atomic E-state index is 12.3. The summed E-state index contributed by atoms with van der Waals surface area (Å²) in [4.78, 5) is 23.8. The van der Waals surface area contributed by atoms with E-state index in [0.29, 0.717) is 5.56 Å². The minimum Gasteiger partial charge on any atom is -0.339 e. The lowest BCUT2D eigenvalue weighted by atomic mass is 10.0. The number of carbonyl (C=O) groups excluding carboxylic acids is 2. The Hall–Kier alpha value is -3.52. The van der Waals surface area contributed by atoms with Crippen LogP contribution in [0.3, 0.4) is 0 Å². The van der Waals surface area contributed by atoms with Crippen molar-refractivity contribution in [1.29, 1.82) is 0 Å². The molecule has 0 aliphatic carbocycles. The molecule has 0 bridgehead atoms. The number of amides is 2. The SMILES string of the molecule is C[C@H](NCc1ccc(-c2ccc(C(=O)N[C@@H](CN)C(=O)NO)cc2)cc1)c1ccccc1. The molecule has 0 aromatic heterocycles. The molecule has 6 N–H and O–H groups in total. The Kier molecular flexibility index (Phi) is 8.10. The van der Waals surface area contributed by atoms with Crippen LogP contribution >= 0.6 is 0 Å². The van der Waals surface area contributed by atoms with Crippen molar-refractivity contribution >= 4 is 11.8 Å². The van der Waals surface area contributed by atoms with Gasteiger partial charge in [-0.1, -0.05) is 66.7 Å². The summed E-state index contributed by atoms with van der Waals surface area (Å²) in [6.45, 7) is 2.79. The van der Waals surface area contributed by atoms with Crippen LogP contribution in [0, 0.1) is 0 Å². The number of benzene rings is 3. The zero-order valence-electron chi connectivity index (χ0n) is 17.9. The number of carbonyl (C=O) groups is 2. The third-order valence-corrected chi connectivity index (χ3v) is 5.31. The summed E-state index contributed by atoms with van der Waals surface area (Å²) in [5.74, 6) is -1.20. The highest BCUT2D eigenvalue weighted by Crippen LogP contribution is 2.21. The molecule has 0 unspecified atom stereocenters. The molecule has 2 atom stereocenters. The highest BCUT2D eigenvalue weighted by Gasteiger charge is 2.19. The molecule has 0 aliphatic heterocycles. The number of hydroxylamine groups is 1. The average molecular weight is 433 g/mol. The van der Waals surface area contributed by atoms with Crippen molar-refractivity contribution in [2.75, 3.05) is 6.54 Å². The van der Waals surface area contributed by atoms with Gasteiger partial charge in [0.2, 0.25) is 0 Å². The zero-order valence-corrected chi connectivity index (χ0v) is 17.9. The Morgan fingerprint density at radius 2 is 1.50 bits per heavy atom. The maximum Gasteiger partial charge on any atom is 0.267 e. The Morgan fingerprint density at radius 1 is 0.906 bits per heavy atom. The molecule has 0 radical (unpaired) electrons. The van der Waals surface area contributed by atoms with Crippen molar-refractivity contribution in [3.63, 3.8) is 0 Å². The Morgan fingerprint density at radius 3 is 2.06 bits per heavy atom. The molecular formula is C25H28N4O3. The minimum absolute atomic E-state index is 0.123. The number of nitrogens with one attached hydrogen (secondary N) is 3. The minimum atomic E-state index is -1.00. The van der Waals surface area contributed by atoms with Gasteiger partial charge in [-0.25, -0.2) is 5.48 Å². The summed E-state index contributed by atoms with van der Waals surface area (Å²) in [5, 5.41) is 14.7. The van der Waals surface area contributed by atoms with Crippen LogP contribution in [0.1, 0.15) is 34.5 Å². The van der Waals surface area contributed by atoms with E-state index in [2.05, 4.69) is 54.0 Å². The molecule has 166 valence electrons. The van der Waals surface area contributed by atoms with Gasteiger partial charge in [-0.3, -0.25) is 14.8 Å². The van der Waals surface area contributed by atoms with Crippen molar-refractivity contribution < 1.29 is 14.8 Å². The van der Waals surface area contributed by atoms with Gasteiger partial charge < -0.3 is 16.4 Å². The molecule has 7 nitrogen and oxygen atoms in total. The lowest BCUT2D eigenvalue weighted by molar-refractivity contribution is -0.130. The lowest BCUT2D eigenvalue weighted by Gasteiger charge is -2.15. The standard InChI is InChI=1S/C25H28N4O3/c1-17(19-5-3-2-4-6-19)27-16-18-7-9-20(10-8-18)21-11-13-22(14-12-21)24(30)28-23(15-26)25(31)29-32/h2-14,17,23,27,32H,15-16,26H2,1H3,(H,28,30)(H,29,31)/t17-,23-/m0/s1. The second-order valence-corrected chi connectivity index (χ2v) is 7.53. The van der Waals surface area contributed by atoms with Crippen molar-refractivity contribution in [2.45, 2.75) is 25.6 Å². The largest absolute Gasteiger partial charge is 0.339 e. The van der Waals surface area contributed by atoms with Crippen LogP contribution in [-0.2, 0) is 11.3 Å². The van der Waals surface area contributed by atoms with Gasteiger partial charge in [0.15, 0.2) is 0 Å². The van der Waals surface area contributed by atoms with Gasteiger partial charge in [-0.05, 0) is 41.3 Å². The second-order valence-electron chi connectivity index (χ2n) is 7.53. The van der Waals surface area contributed by atoms with Crippen LogP contribution in [-0.4, -0.2) is 29.6 Å². The highest BCUT2D eigenvalue weighted by atomic mass is 16.5. The number of hydrogen-bond donors (Lipinski definition) is 5. The van der Waals surface area contributed by atoms with Crippen LogP contribution in [0.4, 0.5) is 0 Å². The lowest BCUT2D eigenvalue weighted by Crippen LogP contribution is -2.50. The molecule has 32 heavy (non-hydrogen) atoms. The zero-order chi connectivity index (χ0) is 22.9. The van der Waals surface area contributed by atoms with Crippen LogP contribution < -0.4 is 21.8 Å². The average Bonchev–Trinajstić information content (AvgIpc) is 2.86. The molecular weight excluding hydrogens is 404 g/mol. The van der Waals surface area contributed by atoms with Crippen molar-refractivity contribution in [3.05, 3.63) is 95.6 Å². The molecule has 0 saturated carbocycles. The van der Waals surface area contributed by atoms with Crippen molar-refractivity contribution in [3.8, 4) is 11.1 Å². The molecule has 0 heterocycles. The summed E-state index contributed by atoms with van der Waals surface area (Å²) >= 11 is 0. The van der Waals surface area contributed by atoms with E-state index in [9.17, 15) is 9.59 Å². The molecule has 7 heteroatoms. The number of nitrogens with two attached hydrogens (primary N) is 1. The molecule has 0 spiro atoms. The first-order valence-corrected chi connectivity index (χ1v) is 10.4. The quantitative estimate of drug-likeness (QED) is 0.263. The Bertz CT molecular complexity index is 1020. The third kappa shape index (κ3) is 6.01. The summed E-state index contributed by atoms with van der Waals surface area (Å²) in [6, 6.07) is 24.9. The monoisotopic (exact) mass is 432 g/mol. The summed E-state index contributed by atoms with van der Waals surface area (Å²) < 4.78 is 0. The molecule has 0 fully saturated rings. The first kappa shape index (κ1) is 23.1. The van der Waals surface area contributed by atoms with Crippen molar-refractivity contribution in [2.24, 2.45) is 5.73 Å². The maximum atomic E-state index is 12.3. The van der Waals surface area contributed by atoms with E-state index in [4.69, 9.17) is 10.9 Å². The second kappa shape index (κ2) is 11.2. The van der Waals surface area contributed by atoms with E-state index in [1.807, 2.05) is 30.3 Å². The van der Waals surface area contributed by atoms with Gasteiger partial charge in [0, 0.05) is 24.7 Å². The Labute approximate surface area is 187 Å². The van der Waals surface area contributed by atoms with Crippen LogP contribution in [0.15, 0.2) is 78.9 Å². The third-order valence-electron chi connectivity index (χ3n) is 5.31. The van der Waals surface area contributed by atoms with Gasteiger partial charge in [-0.2, -0.15) is 0 Å². The topological polar surface area (TPSA) is 116 Å². The highest BCUT2D eigenvalue weighted by molar-refractivity contribution is 5.97. The Balaban J connectivity index is 1.59. The van der Waals surface area contributed by atoms with E-state index in [-0.39, 0.29) is 12.6 Å². The van der Waals surface area contributed by atoms with E-state index < -0.39 is 17.9 Å². The fourth-order valence-electron chi connectivity index (χ4n) is 3.31. The number of rotatable bonds is 9. The van der Waals surface area contributed by atoms with E-state index in [0.717, 1.165) is 17.7 Å². The smallest absolute Gasteiger partial charge is 0.267 e. The van der Waals surface area contributed by atoms with Gasteiger partial charge in [0.25, 0.3) is 11.8 Å². The molecule has 3 aromatic carbocycles. The normalized spacial score (nSPS) is 12.6. The fourth-order valence-corrected chi connectivity index (χ4v) is 3.31. The van der Waals surface area contributed by atoms with Crippen LogP contribution in [0.5, 0.6) is 0 Å². The predicted molar refractivity (Wildman–Crippen MR) is 124 cm³/mol.